The molecule has 5 rings (SSSR count). The molecule has 1 saturated heterocycles. The van der Waals surface area contributed by atoms with Crippen LogP contribution in [0.2, 0.25) is 10.0 Å². The first-order chi connectivity index (χ1) is 18.3. The number of nitrogens with zero attached hydrogens (tertiary/aromatic N) is 2. The number of amides is 1. The number of rotatable bonds is 6. The molecule has 0 saturated carbocycles. The molecule has 0 N–H and O–H groups in total. The van der Waals surface area contributed by atoms with E-state index >= 15 is 0 Å². The van der Waals surface area contributed by atoms with Crippen LogP contribution >= 0.6 is 35.0 Å². The van der Waals surface area contributed by atoms with E-state index in [4.69, 9.17) is 27.4 Å². The minimum absolute atomic E-state index is 0.0163. The van der Waals surface area contributed by atoms with Gasteiger partial charge in [0.2, 0.25) is 0 Å². The first-order valence-corrected chi connectivity index (χ1v) is 14.2. The lowest BCUT2D eigenvalue weighted by Gasteiger charge is -2.15. The standard InChI is InChI=1S/C28H18Cl2N2O4S2/c29-20-16-19(26(24(30)18-20)36-38(34,35)23-14-8-3-9-15-23)17-25-27(33)32(22-12-6-2-7-13-22)28(37-25)31-21-10-4-1-5-11-21/h1-18H/b25-17+,31-28?. The summed E-state index contributed by atoms with van der Waals surface area (Å²) < 4.78 is 31.4. The Morgan fingerprint density at radius 1 is 0.842 bits per heavy atom. The van der Waals surface area contributed by atoms with Gasteiger partial charge in [-0.2, -0.15) is 8.42 Å². The van der Waals surface area contributed by atoms with Crippen molar-refractivity contribution in [3.05, 3.63) is 124 Å². The Morgan fingerprint density at radius 3 is 2.11 bits per heavy atom. The maximum Gasteiger partial charge on any atom is 0.339 e. The molecule has 6 nitrogen and oxygen atoms in total. The minimum Gasteiger partial charge on any atom is -0.377 e. The number of halogens is 2. The summed E-state index contributed by atoms with van der Waals surface area (Å²) in [7, 11) is -4.21. The molecule has 38 heavy (non-hydrogen) atoms. The van der Waals surface area contributed by atoms with E-state index in [0.717, 1.165) is 11.8 Å². The van der Waals surface area contributed by atoms with Crippen molar-refractivity contribution in [2.75, 3.05) is 4.90 Å². The van der Waals surface area contributed by atoms with Crippen molar-refractivity contribution >= 4 is 73.6 Å². The Kier molecular flexibility index (Phi) is 7.58. The van der Waals surface area contributed by atoms with E-state index in [-0.39, 0.29) is 37.1 Å². The summed E-state index contributed by atoms with van der Waals surface area (Å²) in [5.74, 6) is -0.482. The lowest BCUT2D eigenvalue weighted by Crippen LogP contribution is -2.28. The fourth-order valence-electron chi connectivity index (χ4n) is 3.63. The summed E-state index contributed by atoms with van der Waals surface area (Å²) >= 11 is 13.8. The average molecular weight is 582 g/mol. The van der Waals surface area contributed by atoms with E-state index in [1.807, 2.05) is 48.5 Å². The molecule has 1 aliphatic rings. The highest BCUT2D eigenvalue weighted by Gasteiger charge is 2.35. The number of hydrogen-bond donors (Lipinski definition) is 0. The zero-order valence-corrected chi connectivity index (χ0v) is 22.6. The molecule has 0 spiro atoms. The molecule has 1 amide bonds. The van der Waals surface area contributed by atoms with Crippen LogP contribution in [0.1, 0.15) is 5.56 Å². The van der Waals surface area contributed by atoms with Gasteiger partial charge in [-0.25, -0.2) is 4.99 Å². The molecule has 4 aromatic rings. The van der Waals surface area contributed by atoms with Gasteiger partial charge in [-0.3, -0.25) is 9.69 Å². The quantitative estimate of drug-likeness (QED) is 0.173. The zero-order chi connectivity index (χ0) is 26.7. The van der Waals surface area contributed by atoms with Crippen molar-refractivity contribution < 1.29 is 17.4 Å². The molecule has 0 bridgehead atoms. The Hall–Kier alpha value is -3.56. The lowest BCUT2D eigenvalue weighted by molar-refractivity contribution is -0.113. The Morgan fingerprint density at radius 2 is 1.45 bits per heavy atom. The molecular weight excluding hydrogens is 563 g/mol. The van der Waals surface area contributed by atoms with Gasteiger partial charge in [0.05, 0.1) is 21.3 Å². The third-order valence-electron chi connectivity index (χ3n) is 5.35. The molecule has 10 heteroatoms. The number of carbonyl (C=O) groups is 1. The molecule has 0 unspecified atom stereocenters. The molecule has 0 radical (unpaired) electrons. The lowest BCUT2D eigenvalue weighted by atomic mass is 10.2. The van der Waals surface area contributed by atoms with Crippen LogP contribution in [0.3, 0.4) is 0 Å². The molecule has 1 aliphatic heterocycles. The third-order valence-corrected chi connectivity index (χ3v) is 8.05. The third kappa shape index (κ3) is 5.63. The zero-order valence-electron chi connectivity index (χ0n) is 19.5. The molecule has 4 aromatic carbocycles. The fourth-order valence-corrected chi connectivity index (χ4v) is 6.21. The Bertz CT molecular complexity index is 1660. The number of anilines is 1. The summed E-state index contributed by atoms with van der Waals surface area (Å²) in [4.78, 5) is 20.0. The van der Waals surface area contributed by atoms with Crippen LogP contribution in [0.25, 0.3) is 6.08 Å². The van der Waals surface area contributed by atoms with Gasteiger partial charge >= 0.3 is 10.1 Å². The summed E-state index contributed by atoms with van der Waals surface area (Å²) in [6.07, 6.45) is 1.50. The fraction of sp³-hybridized carbons (Fsp3) is 0. The van der Waals surface area contributed by atoms with E-state index in [1.54, 1.807) is 30.3 Å². The monoisotopic (exact) mass is 580 g/mol. The number of carbonyl (C=O) groups excluding carboxylic acids is 1. The Balaban J connectivity index is 1.59. The topological polar surface area (TPSA) is 76.0 Å². The molecule has 1 heterocycles. The second-order valence-electron chi connectivity index (χ2n) is 7.97. The smallest absolute Gasteiger partial charge is 0.339 e. The maximum atomic E-state index is 13.6. The number of para-hydroxylation sites is 2. The van der Waals surface area contributed by atoms with Crippen LogP contribution in [0.4, 0.5) is 11.4 Å². The molecule has 0 aromatic heterocycles. The largest absolute Gasteiger partial charge is 0.377 e. The van der Waals surface area contributed by atoms with Crippen LogP contribution < -0.4 is 9.08 Å². The second-order valence-corrected chi connectivity index (χ2v) is 11.4. The number of hydrogen-bond acceptors (Lipinski definition) is 6. The van der Waals surface area contributed by atoms with Gasteiger partial charge in [-0.1, -0.05) is 77.8 Å². The summed E-state index contributed by atoms with van der Waals surface area (Å²) in [6.45, 7) is 0. The molecule has 190 valence electrons. The number of thioether (sulfide) groups is 1. The van der Waals surface area contributed by atoms with Crippen LogP contribution in [-0.2, 0) is 14.9 Å². The van der Waals surface area contributed by atoms with Gasteiger partial charge < -0.3 is 4.18 Å². The molecule has 1 fully saturated rings. The molecule has 0 aliphatic carbocycles. The second kappa shape index (κ2) is 11.0. The van der Waals surface area contributed by atoms with Crippen molar-refractivity contribution in [3.63, 3.8) is 0 Å². The van der Waals surface area contributed by atoms with Crippen molar-refractivity contribution in [3.8, 4) is 5.75 Å². The van der Waals surface area contributed by atoms with Gasteiger partial charge in [0.1, 0.15) is 4.90 Å². The molecular formula is C28H18Cl2N2O4S2. The highest BCUT2D eigenvalue weighted by atomic mass is 35.5. The van der Waals surface area contributed by atoms with E-state index in [0.29, 0.717) is 16.5 Å². The highest BCUT2D eigenvalue weighted by molar-refractivity contribution is 8.19. The average Bonchev–Trinajstić information content (AvgIpc) is 3.21. The highest BCUT2D eigenvalue weighted by Crippen LogP contribution is 2.41. The van der Waals surface area contributed by atoms with Crippen molar-refractivity contribution in [2.24, 2.45) is 4.99 Å². The number of amidine groups is 1. The first kappa shape index (κ1) is 26.1. The van der Waals surface area contributed by atoms with Crippen molar-refractivity contribution in [1.82, 2.24) is 0 Å². The van der Waals surface area contributed by atoms with Crippen LogP contribution in [0, 0.1) is 0 Å². The van der Waals surface area contributed by atoms with E-state index in [1.165, 1.54) is 35.2 Å². The van der Waals surface area contributed by atoms with E-state index in [9.17, 15) is 13.2 Å². The van der Waals surface area contributed by atoms with Gasteiger partial charge in [-0.15, -0.1) is 0 Å². The van der Waals surface area contributed by atoms with E-state index < -0.39 is 10.1 Å². The SMILES string of the molecule is O=C1/C(=C\c2cc(Cl)cc(Cl)c2OS(=O)(=O)c2ccccc2)SC(=Nc2ccccc2)N1c1ccccc1. The van der Waals surface area contributed by atoms with Crippen LogP contribution in [-0.4, -0.2) is 19.5 Å². The maximum absolute atomic E-state index is 13.6. The predicted molar refractivity (Wildman–Crippen MR) is 154 cm³/mol. The van der Waals surface area contributed by atoms with Gasteiger partial charge in [0.15, 0.2) is 10.9 Å². The summed E-state index contributed by atoms with van der Waals surface area (Å²) in [6, 6.07) is 28.9. The van der Waals surface area contributed by atoms with Gasteiger partial charge in [-0.05, 0) is 66.4 Å². The number of benzene rings is 4. The van der Waals surface area contributed by atoms with E-state index in [2.05, 4.69) is 4.99 Å². The van der Waals surface area contributed by atoms with Crippen molar-refractivity contribution in [2.45, 2.75) is 4.90 Å². The minimum atomic E-state index is -4.21. The number of aliphatic imine (C=N–C) groups is 1. The van der Waals surface area contributed by atoms with Crippen LogP contribution in [0.15, 0.2) is 118 Å². The van der Waals surface area contributed by atoms with Gasteiger partial charge in [0.25, 0.3) is 5.91 Å². The van der Waals surface area contributed by atoms with Crippen molar-refractivity contribution in [1.29, 1.82) is 0 Å². The predicted octanol–water partition coefficient (Wildman–Crippen LogP) is 7.57. The van der Waals surface area contributed by atoms with Crippen LogP contribution in [0.5, 0.6) is 5.75 Å². The normalized spacial score (nSPS) is 15.8. The summed E-state index contributed by atoms with van der Waals surface area (Å²) in [5, 5.41) is 0.670. The Labute approximate surface area is 234 Å². The summed E-state index contributed by atoms with van der Waals surface area (Å²) in [5.41, 5.74) is 1.54. The first-order valence-electron chi connectivity index (χ1n) is 11.2. The molecule has 0 atom stereocenters. The van der Waals surface area contributed by atoms with Gasteiger partial charge in [0, 0.05) is 10.6 Å².